The summed E-state index contributed by atoms with van der Waals surface area (Å²) in [5, 5.41) is 31.1. The van der Waals surface area contributed by atoms with Gasteiger partial charge in [0.1, 0.15) is 37.1 Å². The van der Waals surface area contributed by atoms with E-state index in [4.69, 9.17) is 18.9 Å². The standard InChI is InChI=1S/C23H34O9/c1-10-7-16-14(11(2)21(28)30-16)8-15-13(10)5-6-23(15,4)32-22-20(27)19(26)18(25)17(31-22)9-29-12(3)24/h11,13-20,22,25-27H,1,5-9H2,2-4H3/t11-,13+,14+,15+,16+,17+,18+,19-,20+,22-,23+/m0/s1. The van der Waals surface area contributed by atoms with E-state index in [0.717, 1.165) is 18.4 Å². The van der Waals surface area contributed by atoms with Crippen molar-refractivity contribution in [2.24, 2.45) is 23.7 Å². The lowest BCUT2D eigenvalue weighted by Gasteiger charge is -2.45. The summed E-state index contributed by atoms with van der Waals surface area (Å²) in [4.78, 5) is 23.3. The number of aliphatic hydroxyl groups excluding tert-OH is 3. The lowest BCUT2D eigenvalue weighted by Crippen LogP contribution is -2.61. The molecule has 9 nitrogen and oxygen atoms in total. The number of ether oxygens (including phenoxy) is 4. The molecule has 180 valence electrons. The summed E-state index contributed by atoms with van der Waals surface area (Å²) in [6.07, 6.45) is -3.87. The van der Waals surface area contributed by atoms with E-state index in [1.165, 1.54) is 6.92 Å². The SMILES string of the molecule is C=C1C[C@H]2OC(=O)[C@@H](C)[C@H]2C[C@@H]2[C@@H]1CC[C@@]2(C)O[C@@H]1O[C@H](COC(C)=O)[C@@H](O)[C@H](O)[C@H]1O. The van der Waals surface area contributed by atoms with Crippen LogP contribution in [0.4, 0.5) is 0 Å². The van der Waals surface area contributed by atoms with Crippen molar-refractivity contribution in [1.29, 1.82) is 0 Å². The number of hydrogen-bond donors (Lipinski definition) is 3. The van der Waals surface area contributed by atoms with Gasteiger partial charge in [0.15, 0.2) is 6.29 Å². The first-order chi connectivity index (χ1) is 15.0. The molecule has 0 aromatic heterocycles. The topological polar surface area (TPSA) is 132 Å². The highest BCUT2D eigenvalue weighted by Crippen LogP contribution is 2.55. The molecule has 11 atom stereocenters. The van der Waals surface area contributed by atoms with Crippen molar-refractivity contribution in [3.05, 3.63) is 12.2 Å². The zero-order valence-corrected chi connectivity index (χ0v) is 18.8. The van der Waals surface area contributed by atoms with Crippen LogP contribution >= 0.6 is 0 Å². The van der Waals surface area contributed by atoms with Crippen molar-refractivity contribution < 1.29 is 43.9 Å². The Balaban J connectivity index is 1.53. The van der Waals surface area contributed by atoms with Crippen LogP contribution in [0.2, 0.25) is 0 Å². The van der Waals surface area contributed by atoms with E-state index in [-0.39, 0.29) is 42.4 Å². The Morgan fingerprint density at radius 2 is 1.97 bits per heavy atom. The first kappa shape index (κ1) is 23.6. The normalized spacial score (nSPS) is 48.6. The fourth-order valence-electron chi connectivity index (χ4n) is 6.01. The van der Waals surface area contributed by atoms with E-state index in [1.54, 1.807) is 0 Å². The van der Waals surface area contributed by atoms with Crippen LogP contribution in [-0.4, -0.2) is 76.3 Å². The van der Waals surface area contributed by atoms with Crippen LogP contribution in [0.15, 0.2) is 12.2 Å². The Morgan fingerprint density at radius 3 is 2.66 bits per heavy atom. The van der Waals surface area contributed by atoms with Crippen molar-refractivity contribution in [3.63, 3.8) is 0 Å². The molecular formula is C23H34O9. The van der Waals surface area contributed by atoms with Gasteiger partial charge in [0.05, 0.1) is 11.5 Å². The molecule has 0 radical (unpaired) electrons. The number of carbonyl (C=O) groups is 2. The van der Waals surface area contributed by atoms with Crippen LogP contribution in [-0.2, 0) is 28.5 Å². The van der Waals surface area contributed by atoms with E-state index < -0.39 is 42.3 Å². The molecule has 3 N–H and O–H groups in total. The van der Waals surface area contributed by atoms with Crippen LogP contribution in [0, 0.1) is 23.7 Å². The third-order valence-corrected chi connectivity index (χ3v) is 8.00. The minimum absolute atomic E-state index is 0.0358. The molecule has 2 aliphatic carbocycles. The van der Waals surface area contributed by atoms with Gasteiger partial charge in [-0.2, -0.15) is 0 Å². The number of rotatable bonds is 4. The van der Waals surface area contributed by atoms with Gasteiger partial charge in [0, 0.05) is 19.3 Å². The largest absolute Gasteiger partial charge is 0.463 e. The summed E-state index contributed by atoms with van der Waals surface area (Å²) < 4.78 is 22.6. The van der Waals surface area contributed by atoms with Crippen molar-refractivity contribution >= 4 is 11.9 Å². The van der Waals surface area contributed by atoms with Gasteiger partial charge in [-0.15, -0.1) is 0 Å². The van der Waals surface area contributed by atoms with E-state index in [9.17, 15) is 24.9 Å². The number of aliphatic hydroxyl groups is 3. The smallest absolute Gasteiger partial charge is 0.309 e. The first-order valence-electron chi connectivity index (χ1n) is 11.4. The van der Waals surface area contributed by atoms with Gasteiger partial charge in [-0.3, -0.25) is 9.59 Å². The molecule has 4 fully saturated rings. The van der Waals surface area contributed by atoms with Crippen LogP contribution in [0.5, 0.6) is 0 Å². The van der Waals surface area contributed by atoms with Gasteiger partial charge in [0.2, 0.25) is 0 Å². The lowest BCUT2D eigenvalue weighted by atomic mass is 9.77. The summed E-state index contributed by atoms with van der Waals surface area (Å²) in [5.74, 6) is -0.616. The van der Waals surface area contributed by atoms with E-state index >= 15 is 0 Å². The fourth-order valence-corrected chi connectivity index (χ4v) is 6.01. The summed E-state index contributed by atoms with van der Waals surface area (Å²) in [6, 6.07) is 0. The molecule has 4 rings (SSSR count). The Bertz CT molecular complexity index is 769. The monoisotopic (exact) mass is 454 g/mol. The van der Waals surface area contributed by atoms with E-state index in [1.807, 2.05) is 13.8 Å². The molecule has 0 amide bonds. The van der Waals surface area contributed by atoms with Crippen LogP contribution in [0.1, 0.15) is 46.5 Å². The highest BCUT2D eigenvalue weighted by Gasteiger charge is 2.56. The van der Waals surface area contributed by atoms with Gasteiger partial charge in [-0.25, -0.2) is 0 Å². The molecule has 0 aromatic rings. The maximum atomic E-state index is 12.2. The predicted molar refractivity (Wildman–Crippen MR) is 110 cm³/mol. The number of carbonyl (C=O) groups excluding carboxylic acids is 2. The first-order valence-corrected chi connectivity index (χ1v) is 11.4. The van der Waals surface area contributed by atoms with Crippen LogP contribution < -0.4 is 0 Å². The quantitative estimate of drug-likeness (QED) is 0.414. The van der Waals surface area contributed by atoms with E-state index in [0.29, 0.717) is 12.8 Å². The van der Waals surface area contributed by atoms with Crippen molar-refractivity contribution in [2.75, 3.05) is 6.61 Å². The Labute approximate surface area is 187 Å². The van der Waals surface area contributed by atoms with Gasteiger partial charge in [-0.05, 0) is 38.0 Å². The summed E-state index contributed by atoms with van der Waals surface area (Å²) in [5.41, 5.74) is 0.345. The predicted octanol–water partition coefficient (Wildman–Crippen LogP) is 0.686. The maximum absolute atomic E-state index is 12.2. The molecule has 2 saturated heterocycles. The zero-order valence-electron chi connectivity index (χ0n) is 18.8. The highest BCUT2D eigenvalue weighted by atomic mass is 16.7. The number of esters is 2. The third kappa shape index (κ3) is 4.09. The fraction of sp³-hybridized carbons (Fsp3) is 0.826. The molecule has 4 aliphatic rings. The molecule has 2 heterocycles. The minimum atomic E-state index is -1.51. The molecule has 9 heteroatoms. The molecule has 32 heavy (non-hydrogen) atoms. The van der Waals surface area contributed by atoms with Crippen LogP contribution in [0.25, 0.3) is 0 Å². The lowest BCUT2D eigenvalue weighted by molar-refractivity contribution is -0.330. The van der Waals surface area contributed by atoms with Crippen molar-refractivity contribution in [2.45, 2.75) is 88.9 Å². The van der Waals surface area contributed by atoms with Crippen molar-refractivity contribution in [1.82, 2.24) is 0 Å². The zero-order chi connectivity index (χ0) is 23.4. The van der Waals surface area contributed by atoms with Crippen molar-refractivity contribution in [3.8, 4) is 0 Å². The van der Waals surface area contributed by atoms with Gasteiger partial charge in [-0.1, -0.05) is 19.1 Å². The number of hydrogen-bond acceptors (Lipinski definition) is 9. The van der Waals surface area contributed by atoms with Gasteiger partial charge < -0.3 is 34.3 Å². The molecule has 2 aliphatic heterocycles. The second-order valence-corrected chi connectivity index (χ2v) is 10.0. The van der Waals surface area contributed by atoms with Crippen LogP contribution in [0.3, 0.4) is 0 Å². The molecule has 0 unspecified atom stereocenters. The Morgan fingerprint density at radius 1 is 1.25 bits per heavy atom. The Kier molecular flexibility index (Phi) is 6.41. The Hall–Kier alpha value is -1.52. The molecule has 0 aromatic carbocycles. The average molecular weight is 455 g/mol. The third-order valence-electron chi connectivity index (χ3n) is 8.00. The number of fused-ring (bicyclic) bond motifs is 2. The van der Waals surface area contributed by atoms with E-state index in [2.05, 4.69) is 6.58 Å². The highest BCUT2D eigenvalue weighted by molar-refractivity contribution is 5.75. The summed E-state index contributed by atoms with van der Waals surface area (Å²) in [7, 11) is 0. The molecule has 0 spiro atoms. The summed E-state index contributed by atoms with van der Waals surface area (Å²) >= 11 is 0. The van der Waals surface area contributed by atoms with Gasteiger partial charge >= 0.3 is 11.9 Å². The summed E-state index contributed by atoms with van der Waals surface area (Å²) in [6.45, 7) is 9.11. The molecular weight excluding hydrogens is 420 g/mol. The molecule has 0 bridgehead atoms. The maximum Gasteiger partial charge on any atom is 0.309 e. The second kappa shape index (κ2) is 8.68. The average Bonchev–Trinajstić information content (AvgIpc) is 3.13. The van der Waals surface area contributed by atoms with Gasteiger partial charge in [0.25, 0.3) is 0 Å². The molecule has 2 saturated carbocycles. The second-order valence-electron chi connectivity index (χ2n) is 10.0. The minimum Gasteiger partial charge on any atom is -0.463 e.